The van der Waals surface area contributed by atoms with Crippen LogP contribution in [0.25, 0.3) is 0 Å². The number of rotatable bonds is 15. The van der Waals surface area contributed by atoms with Gasteiger partial charge in [-0.3, -0.25) is 0 Å². The third-order valence-corrected chi connectivity index (χ3v) is 17.1. The summed E-state index contributed by atoms with van der Waals surface area (Å²) in [7, 11) is 2.55. The van der Waals surface area contributed by atoms with Crippen molar-refractivity contribution in [2.75, 3.05) is 12.3 Å². The molecule has 5 heteroatoms. The van der Waals surface area contributed by atoms with E-state index >= 15 is 0 Å². The third-order valence-electron chi connectivity index (χ3n) is 13.6. The molecule has 0 bridgehead atoms. The zero-order valence-electron chi connectivity index (χ0n) is 40.3. The van der Waals surface area contributed by atoms with Gasteiger partial charge in [-0.25, -0.2) is 0 Å². The summed E-state index contributed by atoms with van der Waals surface area (Å²) in [5.74, 6) is 0.766. The molecular weight excluding hydrogens is 849 g/mol. The van der Waals surface area contributed by atoms with E-state index in [0.29, 0.717) is 20.1 Å². The molecule has 2 N–H and O–H groups in total. The Morgan fingerprint density at radius 3 is 0.985 bits per heavy atom. The van der Waals surface area contributed by atoms with Crippen LogP contribution in [0.2, 0.25) is 0 Å². The fourth-order valence-corrected chi connectivity index (χ4v) is 13.9. The second kappa shape index (κ2) is 20.3. The molecule has 2 nitrogen and oxygen atoms in total. The van der Waals surface area contributed by atoms with Gasteiger partial charge in [0.25, 0.3) is 0 Å². The molecule has 0 fully saturated rings. The van der Waals surface area contributed by atoms with E-state index < -0.39 is 18.6 Å². The van der Waals surface area contributed by atoms with Gasteiger partial charge in [0.15, 0.2) is 0 Å². The molecule has 338 valence electrons. The fourth-order valence-electron chi connectivity index (χ4n) is 10.0. The second-order valence-electron chi connectivity index (χ2n) is 20.2. The van der Waals surface area contributed by atoms with Gasteiger partial charge in [0.2, 0.25) is 0 Å². The Hall–Kier alpha value is -5.72. The molecule has 0 aliphatic carbocycles. The number of aromatic hydroxyl groups is 2. The summed E-state index contributed by atoms with van der Waals surface area (Å²) in [6.07, 6.45) is 3.73. The number of benzene rings is 8. The standard InChI is InChI=1S/C62H65BO2P2/c1-59(2,3)53-39-45(57(64)55(41-53)61(47-25-13-7-14-26-47,48-27-15-8-16-28-48)49-29-17-9-18-30-49)43-66-37-38-67(63)44-46-40-54(60(4,5)6)42-56(58(46)65)62(50-31-19-10-20-32-50,51-33-21-11-22-34-51)52-35-23-12-24-36-52/h7-36,39-42,64-66H,37-38,43-44,63H2,1-6H3. The highest BCUT2D eigenvalue weighted by Crippen LogP contribution is 2.53. The zero-order valence-corrected chi connectivity index (χ0v) is 42.2. The predicted molar refractivity (Wildman–Crippen MR) is 291 cm³/mol. The minimum atomic E-state index is -0.747. The Labute approximate surface area is 404 Å². The van der Waals surface area contributed by atoms with Crippen molar-refractivity contribution in [3.63, 3.8) is 0 Å². The first-order valence-corrected chi connectivity index (χ1v) is 27.3. The summed E-state index contributed by atoms with van der Waals surface area (Å²) >= 11 is 0. The molecule has 2 atom stereocenters. The second-order valence-corrected chi connectivity index (χ2v) is 24.0. The van der Waals surface area contributed by atoms with Gasteiger partial charge in [-0.1, -0.05) is 236 Å². The van der Waals surface area contributed by atoms with Crippen LogP contribution in [0.4, 0.5) is 0 Å². The number of phenols is 2. The average molecular weight is 915 g/mol. The van der Waals surface area contributed by atoms with Crippen molar-refractivity contribution in [1.29, 1.82) is 0 Å². The Balaban J connectivity index is 1.14. The van der Waals surface area contributed by atoms with E-state index in [-0.39, 0.29) is 10.8 Å². The van der Waals surface area contributed by atoms with Gasteiger partial charge >= 0.3 is 0 Å². The molecule has 0 heterocycles. The van der Waals surface area contributed by atoms with E-state index in [1.807, 2.05) is 0 Å². The molecule has 0 saturated carbocycles. The van der Waals surface area contributed by atoms with Crippen molar-refractivity contribution < 1.29 is 10.2 Å². The van der Waals surface area contributed by atoms with Gasteiger partial charge in [0.1, 0.15) is 19.1 Å². The van der Waals surface area contributed by atoms with Gasteiger partial charge in [-0.2, -0.15) is 0 Å². The van der Waals surface area contributed by atoms with Gasteiger partial charge in [-0.15, -0.1) is 16.4 Å². The highest BCUT2D eigenvalue weighted by Gasteiger charge is 2.43. The van der Waals surface area contributed by atoms with Crippen molar-refractivity contribution in [3.05, 3.63) is 273 Å². The minimum absolute atomic E-state index is 0.143. The maximum atomic E-state index is 12.8. The summed E-state index contributed by atoms with van der Waals surface area (Å²) in [4.78, 5) is 0. The Morgan fingerprint density at radius 2 is 0.687 bits per heavy atom. The molecule has 0 amide bonds. The molecule has 2 unspecified atom stereocenters. The summed E-state index contributed by atoms with van der Waals surface area (Å²) in [5, 5.41) is 25.6. The van der Waals surface area contributed by atoms with E-state index in [1.54, 1.807) is 0 Å². The monoisotopic (exact) mass is 914 g/mol. The van der Waals surface area contributed by atoms with Crippen LogP contribution in [-0.2, 0) is 34.0 Å². The Kier molecular flexibility index (Phi) is 14.4. The summed E-state index contributed by atoms with van der Waals surface area (Å²) in [6, 6.07) is 73.3. The lowest BCUT2D eigenvalue weighted by atomic mass is 9.64. The quantitative estimate of drug-likeness (QED) is 0.0466. The number of hydrogen-bond acceptors (Lipinski definition) is 2. The summed E-state index contributed by atoms with van der Waals surface area (Å²) in [6.45, 7) is 13.6. The minimum Gasteiger partial charge on any atom is -0.507 e. The van der Waals surface area contributed by atoms with Crippen LogP contribution in [0.3, 0.4) is 0 Å². The molecular formula is C62H65BO2P2. The molecule has 0 radical (unpaired) electrons. The summed E-state index contributed by atoms with van der Waals surface area (Å²) in [5.41, 5.74) is 11.2. The number of hydrogen-bond donors (Lipinski definition) is 2. The zero-order chi connectivity index (χ0) is 47.2. The van der Waals surface area contributed by atoms with Crippen LogP contribution in [0.15, 0.2) is 206 Å². The van der Waals surface area contributed by atoms with Crippen LogP contribution in [0.5, 0.6) is 11.5 Å². The van der Waals surface area contributed by atoms with E-state index in [9.17, 15) is 10.2 Å². The molecule has 0 aliphatic heterocycles. The largest absolute Gasteiger partial charge is 0.507 e. The first-order chi connectivity index (χ1) is 32.3. The van der Waals surface area contributed by atoms with E-state index in [4.69, 9.17) is 0 Å². The first-order valence-electron chi connectivity index (χ1n) is 23.7. The fraction of sp³-hybridized carbons (Fsp3) is 0.226. The maximum absolute atomic E-state index is 12.8. The normalized spacial score (nSPS) is 12.9. The van der Waals surface area contributed by atoms with Gasteiger partial charge in [0.05, 0.1) is 10.8 Å². The molecule has 0 aromatic heterocycles. The van der Waals surface area contributed by atoms with Crippen molar-refractivity contribution >= 4 is 23.9 Å². The summed E-state index contributed by atoms with van der Waals surface area (Å²) < 4.78 is 0. The lowest BCUT2D eigenvalue weighted by Crippen LogP contribution is -2.32. The molecule has 67 heavy (non-hydrogen) atoms. The van der Waals surface area contributed by atoms with Crippen molar-refractivity contribution in [2.45, 2.75) is 75.5 Å². The van der Waals surface area contributed by atoms with Crippen LogP contribution in [-0.4, -0.2) is 30.1 Å². The lowest BCUT2D eigenvalue weighted by molar-refractivity contribution is 0.453. The molecule has 8 aromatic rings. The van der Waals surface area contributed by atoms with Crippen LogP contribution >= 0.6 is 16.4 Å². The Morgan fingerprint density at radius 1 is 0.403 bits per heavy atom. The van der Waals surface area contributed by atoms with Gasteiger partial charge in [0, 0.05) is 11.1 Å². The average Bonchev–Trinajstić information content (AvgIpc) is 3.34. The molecule has 8 aromatic carbocycles. The molecule has 0 saturated heterocycles. The Bertz CT molecular complexity index is 2660. The predicted octanol–water partition coefficient (Wildman–Crippen LogP) is 14.9. The highest BCUT2D eigenvalue weighted by atomic mass is 31.1. The maximum Gasteiger partial charge on any atom is 0.134 e. The van der Waals surface area contributed by atoms with Crippen LogP contribution < -0.4 is 0 Å². The lowest BCUT2D eigenvalue weighted by Gasteiger charge is -2.38. The van der Waals surface area contributed by atoms with E-state index in [1.165, 1.54) is 11.1 Å². The SMILES string of the molecule is BP(CCPCc1cc(C(C)(C)C)cc(C(c2ccccc2)(c2ccccc2)c2ccccc2)c1O)Cc1cc(C(C)(C)C)cc(C(c2ccccc2)(c2ccccc2)c2ccccc2)c1O. The smallest absolute Gasteiger partial charge is 0.134 e. The van der Waals surface area contributed by atoms with E-state index in [2.05, 4.69) is 255 Å². The molecule has 0 aliphatic rings. The van der Waals surface area contributed by atoms with Crippen LogP contribution in [0.1, 0.15) is 108 Å². The van der Waals surface area contributed by atoms with Crippen LogP contribution in [0, 0.1) is 0 Å². The highest BCUT2D eigenvalue weighted by molar-refractivity contribution is 7.81. The number of phenolic OH excluding ortho intramolecular Hbond substituents is 2. The topological polar surface area (TPSA) is 40.5 Å². The third kappa shape index (κ3) is 9.70. The van der Waals surface area contributed by atoms with Gasteiger partial charge in [-0.05, 0) is 103 Å². The van der Waals surface area contributed by atoms with Crippen molar-refractivity contribution in [2.24, 2.45) is 0 Å². The first kappa shape index (κ1) is 47.8. The molecule has 8 rings (SSSR count). The van der Waals surface area contributed by atoms with Crippen molar-refractivity contribution in [1.82, 2.24) is 0 Å². The molecule has 0 spiro atoms. The van der Waals surface area contributed by atoms with Gasteiger partial charge < -0.3 is 10.2 Å². The van der Waals surface area contributed by atoms with Crippen molar-refractivity contribution in [3.8, 4) is 11.5 Å². The van der Waals surface area contributed by atoms with E-state index in [0.717, 1.165) is 80.3 Å².